The van der Waals surface area contributed by atoms with Crippen LogP contribution < -0.4 is 10.6 Å². The van der Waals surface area contributed by atoms with E-state index in [-0.39, 0.29) is 36.4 Å². The van der Waals surface area contributed by atoms with Crippen LogP contribution in [0.15, 0.2) is 4.99 Å². The Hall–Kier alpha value is -0.610. The van der Waals surface area contributed by atoms with E-state index in [4.69, 9.17) is 4.74 Å². The third-order valence-electron chi connectivity index (χ3n) is 4.49. The van der Waals surface area contributed by atoms with Crippen molar-refractivity contribution < 1.29 is 9.53 Å². The van der Waals surface area contributed by atoms with Gasteiger partial charge in [0.2, 0.25) is 5.91 Å². The van der Waals surface area contributed by atoms with E-state index in [9.17, 15) is 4.79 Å². The molecule has 1 saturated heterocycles. The molecule has 0 spiro atoms. The van der Waals surface area contributed by atoms with Gasteiger partial charge >= 0.3 is 0 Å². The Morgan fingerprint density at radius 2 is 2.07 bits per heavy atom. The van der Waals surface area contributed by atoms with E-state index in [0.717, 1.165) is 39.3 Å². The van der Waals surface area contributed by atoms with Crippen LogP contribution in [0, 0.1) is 5.92 Å². The average molecular weight is 497 g/mol. The third-order valence-corrected chi connectivity index (χ3v) is 4.49. The fraction of sp³-hybridized carbons (Fsp3) is 0.895. The monoisotopic (exact) mass is 497 g/mol. The maximum atomic E-state index is 11.8. The zero-order valence-electron chi connectivity index (χ0n) is 17.8. The van der Waals surface area contributed by atoms with Gasteiger partial charge in [0.05, 0.1) is 0 Å². The normalized spacial score (nSPS) is 17.7. The minimum Gasteiger partial charge on any atom is -0.381 e. The fourth-order valence-corrected chi connectivity index (χ4v) is 2.92. The molecule has 1 unspecified atom stereocenters. The Balaban J connectivity index is 0.00000676. The van der Waals surface area contributed by atoms with Crippen LogP contribution in [0.3, 0.4) is 0 Å². The summed E-state index contributed by atoms with van der Waals surface area (Å²) in [5, 5.41) is 6.74. The standard InChI is InChI=1S/C19H39N5O2.HI/c1-6-24-11-7-9-17(24)13-21-19(22-14-18(25)23(4)5)20-10-8-12-26-15-16(2)3;/h16-17H,6-15H2,1-5H3,(H2,20,21,22);1H. The lowest BCUT2D eigenvalue weighted by Crippen LogP contribution is -2.45. The van der Waals surface area contributed by atoms with Gasteiger partial charge in [-0.3, -0.25) is 9.69 Å². The fourth-order valence-electron chi connectivity index (χ4n) is 2.92. The Morgan fingerprint density at radius 3 is 2.70 bits per heavy atom. The van der Waals surface area contributed by atoms with Gasteiger partial charge in [-0.1, -0.05) is 20.8 Å². The Morgan fingerprint density at radius 1 is 1.33 bits per heavy atom. The predicted molar refractivity (Wildman–Crippen MR) is 123 cm³/mol. The highest BCUT2D eigenvalue weighted by atomic mass is 127. The number of aliphatic imine (C=N–C) groups is 1. The van der Waals surface area contributed by atoms with Crippen LogP contribution in [0.2, 0.25) is 0 Å². The summed E-state index contributed by atoms with van der Waals surface area (Å²) < 4.78 is 5.61. The molecule has 2 N–H and O–H groups in total. The SMILES string of the molecule is CCN1CCCC1CNC(=NCC(=O)N(C)C)NCCCOCC(C)C.I. The van der Waals surface area contributed by atoms with Crippen LogP contribution in [0.1, 0.15) is 40.0 Å². The molecule has 8 heteroatoms. The molecule has 1 fully saturated rings. The first-order valence-corrected chi connectivity index (χ1v) is 9.98. The molecule has 0 bridgehead atoms. The van der Waals surface area contributed by atoms with Crippen molar-refractivity contribution in [3.63, 3.8) is 0 Å². The molecule has 1 rings (SSSR count). The van der Waals surface area contributed by atoms with Gasteiger partial charge in [-0.25, -0.2) is 4.99 Å². The van der Waals surface area contributed by atoms with E-state index in [1.54, 1.807) is 19.0 Å². The lowest BCUT2D eigenvalue weighted by atomic mass is 10.2. The van der Waals surface area contributed by atoms with Crippen LogP contribution in [0.5, 0.6) is 0 Å². The first kappa shape index (κ1) is 26.4. The molecule has 7 nitrogen and oxygen atoms in total. The summed E-state index contributed by atoms with van der Waals surface area (Å²) in [4.78, 5) is 20.3. The number of halogens is 1. The summed E-state index contributed by atoms with van der Waals surface area (Å²) in [6, 6.07) is 0.547. The molecule has 1 amide bonds. The zero-order chi connectivity index (χ0) is 19.4. The minimum atomic E-state index is 0. The van der Waals surface area contributed by atoms with Crippen LogP contribution >= 0.6 is 24.0 Å². The van der Waals surface area contributed by atoms with Crippen molar-refractivity contribution in [3.8, 4) is 0 Å². The van der Waals surface area contributed by atoms with Gasteiger partial charge in [0.1, 0.15) is 6.54 Å². The summed E-state index contributed by atoms with van der Waals surface area (Å²) >= 11 is 0. The second kappa shape index (κ2) is 15.3. The number of nitrogens with one attached hydrogen (secondary N) is 2. The van der Waals surface area contributed by atoms with Gasteiger partial charge in [-0.05, 0) is 38.3 Å². The van der Waals surface area contributed by atoms with E-state index >= 15 is 0 Å². The van der Waals surface area contributed by atoms with Gasteiger partial charge in [-0.15, -0.1) is 24.0 Å². The molecule has 0 radical (unpaired) electrons. The number of carbonyl (C=O) groups excluding carboxylic acids is 1. The Bertz CT molecular complexity index is 432. The molecule has 0 saturated carbocycles. The topological polar surface area (TPSA) is 69.2 Å². The first-order chi connectivity index (χ1) is 12.4. The second-order valence-electron chi connectivity index (χ2n) is 7.51. The zero-order valence-corrected chi connectivity index (χ0v) is 20.1. The number of amides is 1. The van der Waals surface area contributed by atoms with Crippen LogP contribution in [-0.2, 0) is 9.53 Å². The second-order valence-corrected chi connectivity index (χ2v) is 7.51. The van der Waals surface area contributed by atoms with E-state index in [2.05, 4.69) is 41.3 Å². The number of hydrogen-bond donors (Lipinski definition) is 2. The maximum absolute atomic E-state index is 11.8. The summed E-state index contributed by atoms with van der Waals surface area (Å²) in [5.74, 6) is 1.28. The maximum Gasteiger partial charge on any atom is 0.243 e. The number of ether oxygens (including phenoxy) is 1. The highest BCUT2D eigenvalue weighted by Gasteiger charge is 2.22. The minimum absolute atomic E-state index is 0. The summed E-state index contributed by atoms with van der Waals surface area (Å²) in [6.07, 6.45) is 3.39. The number of nitrogens with zero attached hydrogens (tertiary/aromatic N) is 3. The molecule has 1 atom stereocenters. The van der Waals surface area contributed by atoms with Crippen molar-refractivity contribution in [1.29, 1.82) is 0 Å². The summed E-state index contributed by atoms with van der Waals surface area (Å²) in [7, 11) is 3.50. The predicted octanol–water partition coefficient (Wildman–Crippen LogP) is 1.77. The highest BCUT2D eigenvalue weighted by molar-refractivity contribution is 14.0. The van der Waals surface area contributed by atoms with Crippen molar-refractivity contribution >= 4 is 35.8 Å². The molecule has 27 heavy (non-hydrogen) atoms. The van der Waals surface area contributed by atoms with Crippen molar-refractivity contribution in [2.75, 3.05) is 60.0 Å². The lowest BCUT2D eigenvalue weighted by molar-refractivity contribution is -0.127. The number of carbonyl (C=O) groups is 1. The van der Waals surface area contributed by atoms with E-state index < -0.39 is 0 Å². The van der Waals surface area contributed by atoms with Crippen molar-refractivity contribution in [2.24, 2.45) is 10.9 Å². The lowest BCUT2D eigenvalue weighted by Gasteiger charge is -2.24. The molecule has 1 aliphatic rings. The summed E-state index contributed by atoms with van der Waals surface area (Å²) in [5.41, 5.74) is 0. The number of likely N-dealkylation sites (N-methyl/N-ethyl adjacent to an activating group) is 2. The van der Waals surface area contributed by atoms with E-state index in [1.165, 1.54) is 19.4 Å². The van der Waals surface area contributed by atoms with Gasteiger partial charge in [0, 0.05) is 46.4 Å². The Labute approximate surface area is 182 Å². The molecular weight excluding hydrogens is 457 g/mol. The molecule has 0 aromatic rings. The number of likely N-dealkylation sites (tertiary alicyclic amines) is 1. The van der Waals surface area contributed by atoms with Gasteiger partial charge in [0.15, 0.2) is 5.96 Å². The molecule has 0 aliphatic carbocycles. The highest BCUT2D eigenvalue weighted by Crippen LogP contribution is 2.15. The molecule has 0 aromatic carbocycles. The average Bonchev–Trinajstić information content (AvgIpc) is 3.06. The van der Waals surface area contributed by atoms with Crippen LogP contribution in [0.4, 0.5) is 0 Å². The van der Waals surface area contributed by atoms with Gasteiger partial charge in [0.25, 0.3) is 0 Å². The van der Waals surface area contributed by atoms with Crippen molar-refractivity contribution in [3.05, 3.63) is 0 Å². The van der Waals surface area contributed by atoms with Gasteiger partial charge < -0.3 is 20.3 Å². The summed E-state index contributed by atoms with van der Waals surface area (Å²) in [6.45, 7) is 12.1. The van der Waals surface area contributed by atoms with E-state index in [0.29, 0.717) is 17.9 Å². The largest absolute Gasteiger partial charge is 0.381 e. The number of rotatable bonds is 11. The number of guanidine groups is 1. The molecular formula is C19H40IN5O2. The quantitative estimate of drug-likeness (QED) is 0.197. The Kier molecular flexibility index (Phi) is 15.0. The van der Waals surface area contributed by atoms with Crippen LogP contribution in [-0.4, -0.2) is 87.7 Å². The van der Waals surface area contributed by atoms with Gasteiger partial charge in [-0.2, -0.15) is 0 Å². The molecule has 0 aromatic heterocycles. The van der Waals surface area contributed by atoms with Crippen molar-refractivity contribution in [1.82, 2.24) is 20.4 Å². The van der Waals surface area contributed by atoms with E-state index in [1.807, 2.05) is 0 Å². The van der Waals surface area contributed by atoms with Crippen molar-refractivity contribution in [2.45, 2.75) is 46.1 Å². The third kappa shape index (κ3) is 11.7. The van der Waals surface area contributed by atoms with Crippen LogP contribution in [0.25, 0.3) is 0 Å². The smallest absolute Gasteiger partial charge is 0.243 e. The number of hydrogen-bond acceptors (Lipinski definition) is 4. The molecule has 160 valence electrons. The molecule has 1 heterocycles. The first-order valence-electron chi connectivity index (χ1n) is 9.98. The molecule has 1 aliphatic heterocycles.